The number of hydrogen-bond acceptors (Lipinski definition) is 5. The van der Waals surface area contributed by atoms with Crippen LogP contribution in [-0.2, 0) is 6.18 Å². The van der Waals surface area contributed by atoms with Crippen molar-refractivity contribution in [2.24, 2.45) is 5.92 Å². The van der Waals surface area contributed by atoms with Gasteiger partial charge in [0.25, 0.3) is 5.91 Å². The summed E-state index contributed by atoms with van der Waals surface area (Å²) in [4.78, 5) is 16.8. The van der Waals surface area contributed by atoms with Gasteiger partial charge in [-0.3, -0.25) is 4.79 Å². The Hall–Kier alpha value is -3.30. The van der Waals surface area contributed by atoms with E-state index in [9.17, 15) is 18.0 Å². The molecular weight excluding hydrogens is 401 g/mol. The molecule has 3 rings (SSSR count). The molecule has 0 aliphatic carbocycles. The molecule has 0 bridgehead atoms. The van der Waals surface area contributed by atoms with Gasteiger partial charge in [-0.1, -0.05) is 13.8 Å². The monoisotopic (exact) mass is 422 g/mol. The van der Waals surface area contributed by atoms with Gasteiger partial charge in [0.1, 0.15) is 5.56 Å². The molecule has 0 unspecified atom stereocenters. The molecule has 160 valence electrons. The molecule has 1 aromatic carbocycles. The van der Waals surface area contributed by atoms with Crippen LogP contribution in [0.15, 0.2) is 30.5 Å². The molecule has 0 fully saturated rings. The summed E-state index contributed by atoms with van der Waals surface area (Å²) < 4.78 is 52.2. The molecule has 2 aromatic heterocycles. The minimum absolute atomic E-state index is 0.0224. The predicted molar refractivity (Wildman–Crippen MR) is 104 cm³/mol. The van der Waals surface area contributed by atoms with Crippen LogP contribution in [0.3, 0.4) is 0 Å². The van der Waals surface area contributed by atoms with E-state index in [1.165, 1.54) is 20.3 Å². The van der Waals surface area contributed by atoms with Crippen LogP contribution >= 0.6 is 0 Å². The maximum atomic E-state index is 13.7. The zero-order valence-corrected chi connectivity index (χ0v) is 16.9. The lowest BCUT2D eigenvalue weighted by molar-refractivity contribution is -0.142. The number of amides is 1. The van der Waals surface area contributed by atoms with E-state index in [2.05, 4.69) is 15.4 Å². The van der Waals surface area contributed by atoms with Crippen LogP contribution in [0.2, 0.25) is 0 Å². The molecule has 30 heavy (non-hydrogen) atoms. The summed E-state index contributed by atoms with van der Waals surface area (Å²) in [6.45, 7) is 4.19. The van der Waals surface area contributed by atoms with Crippen molar-refractivity contribution in [1.29, 1.82) is 0 Å². The number of ether oxygens (including phenoxy) is 2. The fraction of sp³-hybridized carbons (Fsp3) is 0.350. The van der Waals surface area contributed by atoms with Gasteiger partial charge in [-0.25, -0.2) is 9.50 Å². The van der Waals surface area contributed by atoms with E-state index in [1.54, 1.807) is 12.1 Å². The van der Waals surface area contributed by atoms with Crippen LogP contribution in [0.5, 0.6) is 11.5 Å². The van der Waals surface area contributed by atoms with Crippen LogP contribution in [-0.4, -0.2) is 41.3 Å². The maximum absolute atomic E-state index is 13.7. The Kier molecular flexibility index (Phi) is 5.86. The first-order valence-electron chi connectivity index (χ1n) is 9.12. The summed E-state index contributed by atoms with van der Waals surface area (Å²) in [6, 6.07) is 5.54. The van der Waals surface area contributed by atoms with Gasteiger partial charge in [-0.15, -0.1) is 0 Å². The van der Waals surface area contributed by atoms with Crippen molar-refractivity contribution in [2.75, 3.05) is 20.8 Å². The average molecular weight is 422 g/mol. The molecule has 0 aliphatic heterocycles. The molecule has 1 amide bonds. The first kappa shape index (κ1) is 21.4. The summed E-state index contributed by atoms with van der Waals surface area (Å²) in [7, 11) is 2.88. The maximum Gasteiger partial charge on any atom is 0.433 e. The molecule has 3 aromatic rings. The number of nitrogens with zero attached hydrogens (tertiary/aromatic N) is 3. The first-order chi connectivity index (χ1) is 14.2. The lowest BCUT2D eigenvalue weighted by Crippen LogP contribution is -2.27. The Bertz CT molecular complexity index is 1080. The number of hydrogen-bond donors (Lipinski definition) is 1. The molecule has 0 saturated heterocycles. The quantitative estimate of drug-likeness (QED) is 0.654. The Labute approximate surface area is 170 Å². The Morgan fingerprint density at radius 2 is 1.87 bits per heavy atom. The third-order valence-electron chi connectivity index (χ3n) is 4.36. The highest BCUT2D eigenvalue weighted by molar-refractivity contribution is 5.99. The zero-order valence-electron chi connectivity index (χ0n) is 16.9. The third kappa shape index (κ3) is 4.17. The van der Waals surface area contributed by atoms with E-state index in [0.29, 0.717) is 28.1 Å². The van der Waals surface area contributed by atoms with Crippen molar-refractivity contribution in [3.8, 4) is 22.8 Å². The van der Waals surface area contributed by atoms with Crippen LogP contribution < -0.4 is 14.8 Å². The molecule has 7 nitrogen and oxygen atoms in total. The van der Waals surface area contributed by atoms with Crippen molar-refractivity contribution in [3.63, 3.8) is 0 Å². The number of nitrogens with one attached hydrogen (secondary N) is 1. The minimum Gasteiger partial charge on any atom is -0.493 e. The van der Waals surface area contributed by atoms with E-state index < -0.39 is 17.8 Å². The van der Waals surface area contributed by atoms with Crippen molar-refractivity contribution in [2.45, 2.75) is 20.0 Å². The highest BCUT2D eigenvalue weighted by Crippen LogP contribution is 2.35. The number of fused-ring (bicyclic) bond motifs is 1. The summed E-state index contributed by atoms with van der Waals surface area (Å²) >= 11 is 0. The van der Waals surface area contributed by atoms with E-state index >= 15 is 0 Å². The molecule has 0 spiro atoms. The number of rotatable bonds is 6. The topological polar surface area (TPSA) is 77.8 Å². The van der Waals surface area contributed by atoms with E-state index in [1.807, 2.05) is 13.8 Å². The van der Waals surface area contributed by atoms with Crippen molar-refractivity contribution in [1.82, 2.24) is 19.9 Å². The predicted octanol–water partition coefficient (Wildman–Crippen LogP) is 3.82. The second kappa shape index (κ2) is 8.21. The smallest absolute Gasteiger partial charge is 0.433 e. The van der Waals surface area contributed by atoms with Crippen LogP contribution in [0.4, 0.5) is 13.2 Å². The van der Waals surface area contributed by atoms with Gasteiger partial charge >= 0.3 is 6.18 Å². The van der Waals surface area contributed by atoms with Gasteiger partial charge in [-0.05, 0) is 30.2 Å². The van der Waals surface area contributed by atoms with Gasteiger partial charge in [-0.2, -0.15) is 18.3 Å². The van der Waals surface area contributed by atoms with E-state index in [-0.39, 0.29) is 22.8 Å². The number of aromatic nitrogens is 3. The second-order valence-corrected chi connectivity index (χ2v) is 6.99. The van der Waals surface area contributed by atoms with Gasteiger partial charge in [0.2, 0.25) is 0 Å². The lowest BCUT2D eigenvalue weighted by Gasteiger charge is -2.13. The number of alkyl halides is 3. The summed E-state index contributed by atoms with van der Waals surface area (Å²) in [6.07, 6.45) is -3.62. The molecule has 0 saturated carbocycles. The molecule has 2 heterocycles. The highest BCUT2D eigenvalue weighted by atomic mass is 19.4. The molecule has 10 heteroatoms. The standard InChI is InChI=1S/C20H21F3N4O3/c1-11(2)9-24-19(28)13-10-25-27-17(20(21,22)23)8-14(26-18(13)27)12-5-6-15(29-3)16(7-12)30-4/h5-8,10-11H,9H2,1-4H3,(H,24,28). The second-order valence-electron chi connectivity index (χ2n) is 6.99. The van der Waals surface area contributed by atoms with Gasteiger partial charge in [0.05, 0.1) is 26.1 Å². The fourth-order valence-corrected chi connectivity index (χ4v) is 2.86. The van der Waals surface area contributed by atoms with E-state index in [4.69, 9.17) is 9.47 Å². The van der Waals surface area contributed by atoms with Crippen molar-refractivity contribution in [3.05, 3.63) is 41.7 Å². The molecule has 0 atom stereocenters. The number of halogens is 3. The zero-order chi connectivity index (χ0) is 22.1. The molecule has 0 radical (unpaired) electrons. The molecule has 0 aliphatic rings. The van der Waals surface area contributed by atoms with Gasteiger partial charge < -0.3 is 14.8 Å². The molecule has 1 N–H and O–H groups in total. The first-order valence-corrected chi connectivity index (χ1v) is 9.12. The largest absolute Gasteiger partial charge is 0.493 e. The summed E-state index contributed by atoms with van der Waals surface area (Å²) in [5, 5.41) is 6.44. The Morgan fingerprint density at radius 3 is 2.47 bits per heavy atom. The summed E-state index contributed by atoms with van der Waals surface area (Å²) in [5.41, 5.74) is -0.871. The Balaban J connectivity index is 2.18. The van der Waals surface area contributed by atoms with Crippen LogP contribution in [0.1, 0.15) is 29.9 Å². The van der Waals surface area contributed by atoms with Crippen molar-refractivity contribution >= 4 is 11.6 Å². The lowest BCUT2D eigenvalue weighted by atomic mass is 10.1. The number of carbonyl (C=O) groups excluding carboxylic acids is 1. The summed E-state index contributed by atoms with van der Waals surface area (Å²) in [5.74, 6) is 0.408. The number of benzene rings is 1. The molecular formula is C20H21F3N4O3. The Morgan fingerprint density at radius 1 is 1.17 bits per heavy atom. The average Bonchev–Trinajstić information content (AvgIpc) is 3.13. The number of carbonyl (C=O) groups is 1. The fourth-order valence-electron chi connectivity index (χ4n) is 2.86. The van der Waals surface area contributed by atoms with Gasteiger partial charge in [0, 0.05) is 12.1 Å². The van der Waals surface area contributed by atoms with Crippen molar-refractivity contribution < 1.29 is 27.4 Å². The van der Waals surface area contributed by atoms with Crippen LogP contribution in [0.25, 0.3) is 16.9 Å². The normalized spacial score (nSPS) is 11.7. The SMILES string of the molecule is COc1ccc(-c2cc(C(F)(F)F)n3ncc(C(=O)NCC(C)C)c3n2)cc1OC. The third-order valence-corrected chi connectivity index (χ3v) is 4.36. The minimum atomic E-state index is -4.70. The van der Waals surface area contributed by atoms with Gasteiger partial charge in [0.15, 0.2) is 22.8 Å². The van der Waals surface area contributed by atoms with Crippen LogP contribution in [0, 0.1) is 5.92 Å². The van der Waals surface area contributed by atoms with E-state index in [0.717, 1.165) is 12.3 Å². The highest BCUT2D eigenvalue weighted by Gasteiger charge is 2.36. The number of methoxy groups -OCH3 is 2.